The molecule has 2 atom stereocenters. The van der Waals surface area contributed by atoms with Gasteiger partial charge in [0, 0.05) is 12.6 Å². The molecule has 0 radical (unpaired) electrons. The third-order valence-corrected chi connectivity index (χ3v) is 3.59. The Balaban J connectivity index is 2.05. The number of hydrogen-bond donors (Lipinski definition) is 2. The zero-order valence-corrected chi connectivity index (χ0v) is 10.9. The van der Waals surface area contributed by atoms with Crippen molar-refractivity contribution < 1.29 is 9.53 Å². The first-order valence-corrected chi connectivity index (χ1v) is 6.81. The van der Waals surface area contributed by atoms with Crippen molar-refractivity contribution in [1.82, 2.24) is 5.32 Å². The van der Waals surface area contributed by atoms with Gasteiger partial charge in [-0.05, 0) is 25.2 Å². The highest BCUT2D eigenvalue weighted by atomic mass is 16.5. The van der Waals surface area contributed by atoms with Crippen molar-refractivity contribution in [3.63, 3.8) is 0 Å². The summed E-state index contributed by atoms with van der Waals surface area (Å²) < 4.78 is 5.12. The Kier molecular flexibility index (Phi) is 7.21. The average Bonchev–Trinajstić information content (AvgIpc) is 2.53. The second kappa shape index (κ2) is 8.48. The summed E-state index contributed by atoms with van der Waals surface area (Å²) in [5, 5.41) is 3.50. The molecule has 0 aromatic heterocycles. The average molecular weight is 242 g/mol. The Bertz CT molecular complexity index is 221. The highest BCUT2D eigenvalue weighted by Crippen LogP contribution is 2.25. The number of nitrogens with two attached hydrogens (primary N) is 1. The molecule has 1 aliphatic carbocycles. The molecule has 4 heteroatoms. The maximum Gasteiger partial charge on any atom is 0.243 e. The lowest BCUT2D eigenvalue weighted by Gasteiger charge is -2.16. The van der Waals surface area contributed by atoms with Crippen LogP contribution in [0.25, 0.3) is 0 Å². The maximum atomic E-state index is 10.5. The van der Waals surface area contributed by atoms with Gasteiger partial charge in [-0.15, -0.1) is 0 Å². The van der Waals surface area contributed by atoms with Crippen LogP contribution in [0.2, 0.25) is 0 Å². The first-order valence-electron chi connectivity index (χ1n) is 6.81. The van der Waals surface area contributed by atoms with Crippen molar-refractivity contribution >= 4 is 5.91 Å². The van der Waals surface area contributed by atoms with Crippen molar-refractivity contribution in [2.45, 2.75) is 51.5 Å². The summed E-state index contributed by atoms with van der Waals surface area (Å²) in [6.45, 7) is 3.70. The minimum Gasteiger partial charge on any atom is -0.370 e. The maximum absolute atomic E-state index is 10.5. The highest BCUT2D eigenvalue weighted by molar-refractivity contribution is 5.74. The molecule has 0 heterocycles. The molecule has 0 bridgehead atoms. The minimum atomic E-state index is -0.398. The van der Waals surface area contributed by atoms with Crippen LogP contribution in [0, 0.1) is 5.92 Å². The van der Waals surface area contributed by atoms with Gasteiger partial charge in [0.1, 0.15) is 6.61 Å². The van der Waals surface area contributed by atoms with E-state index in [9.17, 15) is 4.79 Å². The van der Waals surface area contributed by atoms with Crippen LogP contribution in [0.1, 0.15) is 45.4 Å². The van der Waals surface area contributed by atoms with Gasteiger partial charge < -0.3 is 15.8 Å². The van der Waals surface area contributed by atoms with Crippen LogP contribution in [0.3, 0.4) is 0 Å². The lowest BCUT2D eigenvalue weighted by Crippen LogP contribution is -2.32. The Hall–Kier alpha value is -0.610. The third kappa shape index (κ3) is 6.64. The van der Waals surface area contributed by atoms with Gasteiger partial charge in [-0.3, -0.25) is 4.79 Å². The molecule has 0 aromatic carbocycles. The Labute approximate surface area is 104 Å². The summed E-state index contributed by atoms with van der Waals surface area (Å²) in [7, 11) is 0. The fourth-order valence-electron chi connectivity index (χ4n) is 2.50. The molecule has 0 spiro atoms. The Morgan fingerprint density at radius 3 is 2.88 bits per heavy atom. The molecule has 100 valence electrons. The van der Waals surface area contributed by atoms with E-state index in [-0.39, 0.29) is 6.61 Å². The van der Waals surface area contributed by atoms with E-state index in [0.717, 1.165) is 12.5 Å². The monoisotopic (exact) mass is 242 g/mol. The summed E-state index contributed by atoms with van der Waals surface area (Å²) in [6, 6.07) is 0.628. The van der Waals surface area contributed by atoms with E-state index in [1.54, 1.807) is 0 Å². The van der Waals surface area contributed by atoms with Crippen LogP contribution < -0.4 is 11.1 Å². The first-order chi connectivity index (χ1) is 8.22. The predicted octanol–water partition coefficient (Wildman–Crippen LogP) is 1.44. The molecule has 3 N–H and O–H groups in total. The summed E-state index contributed by atoms with van der Waals surface area (Å²) in [4.78, 5) is 10.5. The van der Waals surface area contributed by atoms with Crippen LogP contribution >= 0.6 is 0 Å². The minimum absolute atomic E-state index is 0.0320. The van der Waals surface area contributed by atoms with Crippen molar-refractivity contribution in [3.05, 3.63) is 0 Å². The molecule has 2 unspecified atom stereocenters. The predicted molar refractivity (Wildman–Crippen MR) is 68.7 cm³/mol. The molecule has 1 aliphatic rings. The normalized spacial score (nSPS) is 25.5. The van der Waals surface area contributed by atoms with E-state index in [1.165, 1.54) is 38.5 Å². The summed E-state index contributed by atoms with van der Waals surface area (Å²) in [5.74, 6) is 0.526. The van der Waals surface area contributed by atoms with E-state index in [1.807, 2.05) is 0 Å². The number of primary amides is 1. The van der Waals surface area contributed by atoms with Gasteiger partial charge in [0.25, 0.3) is 0 Å². The molecule has 0 aliphatic heterocycles. The second-order valence-corrected chi connectivity index (χ2v) is 4.95. The summed E-state index contributed by atoms with van der Waals surface area (Å²) in [6.07, 6.45) is 7.91. The molecular weight excluding hydrogens is 216 g/mol. The Morgan fingerprint density at radius 2 is 2.18 bits per heavy atom. The number of hydrogen-bond acceptors (Lipinski definition) is 3. The molecular formula is C13H26N2O2. The number of carbonyl (C=O) groups is 1. The van der Waals surface area contributed by atoms with E-state index in [4.69, 9.17) is 10.5 Å². The fourth-order valence-corrected chi connectivity index (χ4v) is 2.50. The van der Waals surface area contributed by atoms with Gasteiger partial charge in [0.15, 0.2) is 0 Å². The summed E-state index contributed by atoms with van der Waals surface area (Å²) in [5.41, 5.74) is 4.98. The van der Waals surface area contributed by atoms with E-state index < -0.39 is 5.91 Å². The SMILES string of the molecule is CCC1CCCC(NCCOCC(N)=O)CC1. The number of rotatable bonds is 7. The molecule has 1 saturated carbocycles. The smallest absolute Gasteiger partial charge is 0.243 e. The lowest BCUT2D eigenvalue weighted by molar-refractivity contribution is -0.122. The third-order valence-electron chi connectivity index (χ3n) is 3.59. The standard InChI is InChI=1S/C13H26N2O2/c1-2-11-4-3-5-12(7-6-11)15-8-9-17-10-13(14)16/h11-12,15H,2-10H2,1H3,(H2,14,16). The number of carbonyl (C=O) groups excluding carboxylic acids is 1. The zero-order chi connectivity index (χ0) is 12.5. The fraction of sp³-hybridized carbons (Fsp3) is 0.923. The number of nitrogens with one attached hydrogen (secondary N) is 1. The van der Waals surface area contributed by atoms with Crippen molar-refractivity contribution in [3.8, 4) is 0 Å². The largest absolute Gasteiger partial charge is 0.370 e. The van der Waals surface area contributed by atoms with Crippen molar-refractivity contribution in [2.24, 2.45) is 11.7 Å². The van der Waals surface area contributed by atoms with Crippen LogP contribution in [0.15, 0.2) is 0 Å². The topological polar surface area (TPSA) is 64.3 Å². The van der Waals surface area contributed by atoms with Crippen LogP contribution in [0.4, 0.5) is 0 Å². The molecule has 4 nitrogen and oxygen atoms in total. The quantitative estimate of drug-likeness (QED) is 0.524. The van der Waals surface area contributed by atoms with Crippen LogP contribution in [-0.2, 0) is 9.53 Å². The van der Waals surface area contributed by atoms with Gasteiger partial charge in [-0.2, -0.15) is 0 Å². The first kappa shape index (κ1) is 14.5. The molecule has 17 heavy (non-hydrogen) atoms. The van der Waals surface area contributed by atoms with Gasteiger partial charge in [0.2, 0.25) is 5.91 Å². The molecule has 0 aromatic rings. The second-order valence-electron chi connectivity index (χ2n) is 4.95. The lowest BCUT2D eigenvalue weighted by atomic mass is 9.98. The molecule has 1 rings (SSSR count). The van der Waals surface area contributed by atoms with E-state index in [0.29, 0.717) is 12.6 Å². The van der Waals surface area contributed by atoms with Crippen LogP contribution in [-0.4, -0.2) is 31.7 Å². The van der Waals surface area contributed by atoms with Gasteiger partial charge >= 0.3 is 0 Å². The highest BCUT2D eigenvalue weighted by Gasteiger charge is 2.16. The van der Waals surface area contributed by atoms with E-state index in [2.05, 4.69) is 12.2 Å². The number of ether oxygens (including phenoxy) is 1. The summed E-state index contributed by atoms with van der Waals surface area (Å²) >= 11 is 0. The van der Waals surface area contributed by atoms with Gasteiger partial charge in [-0.25, -0.2) is 0 Å². The van der Waals surface area contributed by atoms with Crippen molar-refractivity contribution in [2.75, 3.05) is 19.8 Å². The van der Waals surface area contributed by atoms with Gasteiger partial charge in [-0.1, -0.05) is 26.2 Å². The number of amides is 1. The van der Waals surface area contributed by atoms with E-state index >= 15 is 0 Å². The van der Waals surface area contributed by atoms with Crippen LogP contribution in [0.5, 0.6) is 0 Å². The molecule has 1 amide bonds. The Morgan fingerprint density at radius 1 is 1.35 bits per heavy atom. The van der Waals surface area contributed by atoms with Crippen molar-refractivity contribution in [1.29, 1.82) is 0 Å². The van der Waals surface area contributed by atoms with Gasteiger partial charge in [0.05, 0.1) is 6.61 Å². The molecule has 0 saturated heterocycles. The zero-order valence-electron chi connectivity index (χ0n) is 10.9. The molecule has 1 fully saturated rings.